The van der Waals surface area contributed by atoms with Gasteiger partial charge in [0.25, 0.3) is 0 Å². The fraction of sp³-hybridized carbons (Fsp3) is 0.389. The lowest BCUT2D eigenvalue weighted by atomic mass is 9.86. The van der Waals surface area contributed by atoms with Gasteiger partial charge in [-0.1, -0.05) is 33.4 Å². The standard InChI is InChI=1S/C18H25N3/c1-13(10-18(2,3)4)15-5-6-16(19)17(9-15)21-12-14-7-8-20-11-14/h5-6,8-9,11,21H,1,7,10,12,19H2,2-4H3. The third kappa shape index (κ3) is 4.48. The van der Waals surface area contributed by atoms with Crippen molar-refractivity contribution in [3.05, 3.63) is 42.1 Å². The van der Waals surface area contributed by atoms with Gasteiger partial charge in [-0.2, -0.15) is 0 Å². The summed E-state index contributed by atoms with van der Waals surface area (Å²) in [5, 5.41) is 3.40. The number of hydrogen-bond donors (Lipinski definition) is 2. The van der Waals surface area contributed by atoms with Crippen LogP contribution in [0.2, 0.25) is 0 Å². The first-order chi connectivity index (χ1) is 9.85. The summed E-state index contributed by atoms with van der Waals surface area (Å²) in [5.41, 5.74) is 11.6. The van der Waals surface area contributed by atoms with Gasteiger partial charge in [-0.05, 0) is 40.7 Å². The Balaban J connectivity index is 2.07. The second kappa shape index (κ2) is 6.17. The molecule has 0 saturated carbocycles. The summed E-state index contributed by atoms with van der Waals surface area (Å²) in [6.45, 7) is 11.7. The van der Waals surface area contributed by atoms with Crippen molar-refractivity contribution in [1.29, 1.82) is 0 Å². The molecule has 1 aliphatic heterocycles. The summed E-state index contributed by atoms with van der Waals surface area (Å²) >= 11 is 0. The molecule has 1 aliphatic rings. The summed E-state index contributed by atoms with van der Waals surface area (Å²) in [5.74, 6) is 0. The smallest absolute Gasteiger partial charge is 0.0582 e. The van der Waals surface area contributed by atoms with Crippen molar-refractivity contribution >= 4 is 23.2 Å². The molecule has 0 spiro atoms. The van der Waals surface area contributed by atoms with E-state index < -0.39 is 0 Å². The van der Waals surface area contributed by atoms with Crippen molar-refractivity contribution in [3.8, 4) is 0 Å². The van der Waals surface area contributed by atoms with Gasteiger partial charge in [0, 0.05) is 25.4 Å². The van der Waals surface area contributed by atoms with Crippen LogP contribution in [-0.2, 0) is 0 Å². The zero-order valence-corrected chi connectivity index (χ0v) is 13.2. The van der Waals surface area contributed by atoms with E-state index in [9.17, 15) is 0 Å². The summed E-state index contributed by atoms with van der Waals surface area (Å²) in [6, 6.07) is 6.09. The fourth-order valence-corrected chi connectivity index (χ4v) is 2.38. The second-order valence-corrected chi connectivity index (χ2v) is 6.82. The maximum absolute atomic E-state index is 6.06. The quantitative estimate of drug-likeness (QED) is 0.782. The van der Waals surface area contributed by atoms with Gasteiger partial charge in [0.05, 0.1) is 11.4 Å². The number of hydrogen-bond acceptors (Lipinski definition) is 3. The Bertz CT molecular complexity index is 589. The van der Waals surface area contributed by atoms with Crippen LogP contribution >= 0.6 is 0 Å². The molecule has 1 aromatic carbocycles. The molecule has 0 aliphatic carbocycles. The molecule has 0 bridgehead atoms. The Labute approximate surface area is 127 Å². The van der Waals surface area contributed by atoms with Crippen LogP contribution in [0.3, 0.4) is 0 Å². The number of nitrogens with zero attached hydrogens (tertiary/aromatic N) is 1. The minimum Gasteiger partial charge on any atom is -0.397 e. The highest BCUT2D eigenvalue weighted by Crippen LogP contribution is 2.31. The van der Waals surface area contributed by atoms with E-state index >= 15 is 0 Å². The predicted molar refractivity (Wildman–Crippen MR) is 93.6 cm³/mol. The molecule has 0 amide bonds. The molecule has 0 saturated heterocycles. The van der Waals surface area contributed by atoms with Gasteiger partial charge in [-0.3, -0.25) is 4.99 Å². The van der Waals surface area contributed by atoms with Crippen LogP contribution in [-0.4, -0.2) is 12.8 Å². The number of nitrogens with one attached hydrogen (secondary N) is 1. The van der Waals surface area contributed by atoms with Crippen molar-refractivity contribution in [2.75, 3.05) is 17.6 Å². The van der Waals surface area contributed by atoms with Crippen molar-refractivity contribution in [1.82, 2.24) is 0 Å². The van der Waals surface area contributed by atoms with Crippen molar-refractivity contribution < 1.29 is 0 Å². The Hall–Kier alpha value is -2.03. The van der Waals surface area contributed by atoms with Gasteiger partial charge in [0.2, 0.25) is 0 Å². The summed E-state index contributed by atoms with van der Waals surface area (Å²) < 4.78 is 0. The van der Waals surface area contributed by atoms with E-state index in [1.807, 2.05) is 24.5 Å². The first-order valence-electron chi connectivity index (χ1n) is 7.36. The summed E-state index contributed by atoms with van der Waals surface area (Å²) in [7, 11) is 0. The lowest BCUT2D eigenvalue weighted by molar-refractivity contribution is 0.427. The molecular formula is C18H25N3. The second-order valence-electron chi connectivity index (χ2n) is 6.82. The number of anilines is 2. The van der Waals surface area contributed by atoms with Gasteiger partial charge in [0.15, 0.2) is 0 Å². The number of nitrogens with two attached hydrogens (primary N) is 1. The predicted octanol–water partition coefficient (Wildman–Crippen LogP) is 4.49. The van der Waals surface area contributed by atoms with Crippen LogP contribution in [0, 0.1) is 5.41 Å². The number of allylic oxidation sites excluding steroid dienone is 1. The molecule has 0 radical (unpaired) electrons. The molecule has 21 heavy (non-hydrogen) atoms. The van der Waals surface area contributed by atoms with Crippen LogP contribution in [0.25, 0.3) is 5.57 Å². The Morgan fingerprint density at radius 3 is 2.76 bits per heavy atom. The molecular weight excluding hydrogens is 258 g/mol. The van der Waals surface area contributed by atoms with Gasteiger partial charge in [-0.25, -0.2) is 0 Å². The zero-order valence-electron chi connectivity index (χ0n) is 13.2. The van der Waals surface area contributed by atoms with Crippen LogP contribution in [0.5, 0.6) is 0 Å². The molecule has 3 N–H and O–H groups in total. The molecule has 3 heteroatoms. The SMILES string of the molecule is C=C(CC(C)(C)C)c1ccc(N)c(NCC2=CN=CC2)c1. The van der Waals surface area contributed by atoms with E-state index in [2.05, 4.69) is 43.7 Å². The highest BCUT2D eigenvalue weighted by Gasteiger charge is 2.14. The molecule has 2 rings (SSSR count). The highest BCUT2D eigenvalue weighted by atomic mass is 14.9. The number of rotatable bonds is 5. The molecule has 0 aromatic heterocycles. The average molecular weight is 283 g/mol. The molecule has 0 atom stereocenters. The largest absolute Gasteiger partial charge is 0.397 e. The normalized spacial score (nSPS) is 14.1. The van der Waals surface area contributed by atoms with Crippen molar-refractivity contribution in [2.24, 2.45) is 10.4 Å². The monoisotopic (exact) mass is 283 g/mol. The molecule has 0 fully saturated rings. The molecule has 112 valence electrons. The summed E-state index contributed by atoms with van der Waals surface area (Å²) in [6.07, 6.45) is 5.71. The number of benzene rings is 1. The third-order valence-electron chi connectivity index (χ3n) is 3.43. The van der Waals surface area contributed by atoms with Gasteiger partial charge >= 0.3 is 0 Å². The van der Waals surface area contributed by atoms with Crippen LogP contribution in [0.1, 0.15) is 39.2 Å². The Morgan fingerprint density at radius 1 is 1.38 bits per heavy atom. The van der Waals surface area contributed by atoms with E-state index in [1.54, 1.807) is 0 Å². The zero-order chi connectivity index (χ0) is 15.5. The maximum Gasteiger partial charge on any atom is 0.0582 e. The molecule has 3 nitrogen and oxygen atoms in total. The topological polar surface area (TPSA) is 50.4 Å². The van der Waals surface area contributed by atoms with E-state index in [-0.39, 0.29) is 5.41 Å². The minimum atomic E-state index is 0.234. The van der Waals surface area contributed by atoms with E-state index in [1.165, 1.54) is 5.57 Å². The van der Waals surface area contributed by atoms with E-state index in [0.717, 1.165) is 41.9 Å². The average Bonchev–Trinajstić information content (AvgIpc) is 2.88. The Morgan fingerprint density at radius 2 is 2.14 bits per heavy atom. The minimum absolute atomic E-state index is 0.234. The molecule has 0 unspecified atom stereocenters. The molecule has 1 heterocycles. The van der Waals surface area contributed by atoms with Gasteiger partial charge in [-0.15, -0.1) is 0 Å². The van der Waals surface area contributed by atoms with Crippen molar-refractivity contribution in [3.63, 3.8) is 0 Å². The number of nitrogen functional groups attached to an aromatic ring is 1. The lowest BCUT2D eigenvalue weighted by Gasteiger charge is -2.20. The summed E-state index contributed by atoms with van der Waals surface area (Å²) in [4.78, 5) is 4.11. The first kappa shape index (κ1) is 15.4. The van der Waals surface area contributed by atoms with Crippen LogP contribution in [0.15, 0.2) is 41.5 Å². The maximum atomic E-state index is 6.06. The van der Waals surface area contributed by atoms with E-state index in [4.69, 9.17) is 5.73 Å². The lowest BCUT2D eigenvalue weighted by Crippen LogP contribution is -2.08. The van der Waals surface area contributed by atoms with Crippen LogP contribution < -0.4 is 11.1 Å². The van der Waals surface area contributed by atoms with Gasteiger partial charge < -0.3 is 11.1 Å². The number of aliphatic imine (C=N–C) groups is 1. The van der Waals surface area contributed by atoms with Crippen molar-refractivity contribution in [2.45, 2.75) is 33.6 Å². The van der Waals surface area contributed by atoms with Crippen LogP contribution in [0.4, 0.5) is 11.4 Å². The first-order valence-corrected chi connectivity index (χ1v) is 7.36. The van der Waals surface area contributed by atoms with Gasteiger partial charge in [0.1, 0.15) is 0 Å². The fourth-order valence-electron chi connectivity index (χ4n) is 2.38. The highest BCUT2D eigenvalue weighted by molar-refractivity contribution is 5.75. The third-order valence-corrected chi connectivity index (χ3v) is 3.43. The van der Waals surface area contributed by atoms with E-state index in [0.29, 0.717) is 0 Å². The Kier molecular flexibility index (Phi) is 4.51. The molecule has 1 aromatic rings.